The van der Waals surface area contributed by atoms with Crippen LogP contribution in [0.5, 0.6) is 0 Å². The van der Waals surface area contributed by atoms with Gasteiger partial charge in [0.1, 0.15) is 0 Å². The largest absolute Gasteiger partial charge is 0.469 e. The van der Waals surface area contributed by atoms with Crippen LogP contribution in [-0.4, -0.2) is 37.0 Å². The smallest absolute Gasteiger partial charge is 0.309 e. The molecule has 116 valence electrons. The van der Waals surface area contributed by atoms with Gasteiger partial charge in [-0.1, -0.05) is 30.7 Å². The van der Waals surface area contributed by atoms with Crippen LogP contribution in [0.1, 0.15) is 12.5 Å². The van der Waals surface area contributed by atoms with E-state index in [1.54, 1.807) is 6.92 Å². The highest BCUT2D eigenvalue weighted by Gasteiger charge is 2.13. The van der Waals surface area contributed by atoms with Gasteiger partial charge in [-0.3, -0.25) is 9.59 Å². The highest BCUT2D eigenvalue weighted by molar-refractivity contribution is 7.99. The predicted octanol–water partition coefficient (Wildman–Crippen LogP) is 2.54. The number of thioether (sulfide) groups is 1. The van der Waals surface area contributed by atoms with Crippen molar-refractivity contribution in [3.05, 3.63) is 34.9 Å². The molecule has 1 rings (SSSR count). The molecule has 0 bridgehead atoms. The number of methoxy groups -OCH3 is 1. The third-order valence-corrected chi connectivity index (χ3v) is 4.27. The average molecular weight is 330 g/mol. The van der Waals surface area contributed by atoms with Crippen LogP contribution in [0.3, 0.4) is 0 Å². The Labute approximate surface area is 134 Å². The molecule has 6 heteroatoms. The lowest BCUT2D eigenvalue weighted by Crippen LogP contribution is -2.28. The fourth-order valence-electron chi connectivity index (χ4n) is 1.69. The van der Waals surface area contributed by atoms with Gasteiger partial charge >= 0.3 is 5.97 Å². The first-order valence-corrected chi connectivity index (χ1v) is 8.23. The van der Waals surface area contributed by atoms with Gasteiger partial charge in [0.05, 0.1) is 18.8 Å². The van der Waals surface area contributed by atoms with Crippen molar-refractivity contribution in [3.63, 3.8) is 0 Å². The normalized spacial score (nSPS) is 11.8. The average Bonchev–Trinajstić information content (AvgIpc) is 2.46. The van der Waals surface area contributed by atoms with Crippen molar-refractivity contribution >= 4 is 35.2 Å². The zero-order chi connectivity index (χ0) is 15.7. The summed E-state index contributed by atoms with van der Waals surface area (Å²) in [4.78, 5) is 22.8. The van der Waals surface area contributed by atoms with E-state index in [2.05, 4.69) is 10.1 Å². The molecule has 0 aliphatic rings. The summed E-state index contributed by atoms with van der Waals surface area (Å²) in [5.74, 6) is 0.452. The van der Waals surface area contributed by atoms with Crippen molar-refractivity contribution < 1.29 is 14.3 Å². The molecule has 0 aromatic heterocycles. The highest BCUT2D eigenvalue weighted by atomic mass is 35.5. The molecule has 1 aromatic rings. The van der Waals surface area contributed by atoms with Crippen LogP contribution in [0.25, 0.3) is 0 Å². The lowest BCUT2D eigenvalue weighted by atomic mass is 10.1. The van der Waals surface area contributed by atoms with Gasteiger partial charge in [0.15, 0.2) is 0 Å². The van der Waals surface area contributed by atoms with Gasteiger partial charge in [0.2, 0.25) is 5.91 Å². The number of rotatable bonds is 8. The molecule has 0 aliphatic carbocycles. The van der Waals surface area contributed by atoms with Crippen molar-refractivity contribution in [2.24, 2.45) is 5.92 Å². The van der Waals surface area contributed by atoms with Gasteiger partial charge in [0.25, 0.3) is 0 Å². The second-order valence-electron chi connectivity index (χ2n) is 4.67. The van der Waals surface area contributed by atoms with Crippen LogP contribution >= 0.6 is 23.4 Å². The number of hydrogen-bond donors (Lipinski definition) is 1. The maximum absolute atomic E-state index is 11.6. The molecule has 0 spiro atoms. The van der Waals surface area contributed by atoms with E-state index in [4.69, 9.17) is 11.6 Å². The summed E-state index contributed by atoms with van der Waals surface area (Å²) >= 11 is 7.32. The number of carbonyl (C=O) groups excluding carboxylic acids is 2. The lowest BCUT2D eigenvalue weighted by molar-refractivity contribution is -0.144. The van der Waals surface area contributed by atoms with Crippen molar-refractivity contribution in [1.29, 1.82) is 0 Å². The van der Waals surface area contributed by atoms with Crippen molar-refractivity contribution in [3.8, 4) is 0 Å². The number of esters is 1. The molecule has 1 atom stereocenters. The van der Waals surface area contributed by atoms with E-state index in [-0.39, 0.29) is 17.8 Å². The molecular formula is C15H20ClNO3S. The summed E-state index contributed by atoms with van der Waals surface area (Å²) in [7, 11) is 1.37. The Hall–Kier alpha value is -1.20. The lowest BCUT2D eigenvalue weighted by Gasteiger charge is -2.09. The molecule has 0 saturated heterocycles. The fraction of sp³-hybridized carbons (Fsp3) is 0.467. The highest BCUT2D eigenvalue weighted by Crippen LogP contribution is 2.11. The van der Waals surface area contributed by atoms with Crippen molar-refractivity contribution in [1.82, 2.24) is 5.32 Å². The van der Waals surface area contributed by atoms with Crippen molar-refractivity contribution in [2.75, 3.05) is 25.2 Å². The fourth-order valence-corrected chi connectivity index (χ4v) is 2.80. The summed E-state index contributed by atoms with van der Waals surface area (Å²) in [6.45, 7) is 2.36. The number of carbonyl (C=O) groups is 2. The number of ether oxygens (including phenoxy) is 1. The van der Waals surface area contributed by atoms with Crippen LogP contribution < -0.4 is 5.32 Å². The van der Waals surface area contributed by atoms with Gasteiger partial charge < -0.3 is 10.1 Å². The number of halogens is 1. The molecule has 0 fully saturated rings. The molecule has 1 unspecified atom stereocenters. The predicted molar refractivity (Wildman–Crippen MR) is 86.7 cm³/mol. The van der Waals surface area contributed by atoms with E-state index in [1.165, 1.54) is 18.9 Å². The Morgan fingerprint density at radius 3 is 2.86 bits per heavy atom. The van der Waals surface area contributed by atoms with Gasteiger partial charge in [0, 0.05) is 17.3 Å². The van der Waals surface area contributed by atoms with E-state index in [0.717, 1.165) is 12.0 Å². The van der Waals surface area contributed by atoms with E-state index in [1.807, 2.05) is 24.3 Å². The molecule has 0 radical (unpaired) electrons. The molecule has 1 N–H and O–H groups in total. The van der Waals surface area contributed by atoms with Crippen LogP contribution in [0.15, 0.2) is 24.3 Å². The minimum Gasteiger partial charge on any atom is -0.469 e. The molecule has 0 saturated carbocycles. The Kier molecular flexibility index (Phi) is 8.23. The second kappa shape index (κ2) is 9.68. The molecule has 1 amide bonds. The third-order valence-electron chi connectivity index (χ3n) is 2.83. The summed E-state index contributed by atoms with van der Waals surface area (Å²) in [6, 6.07) is 7.58. The molecule has 1 aromatic carbocycles. The first kappa shape index (κ1) is 17.9. The number of amides is 1. The SMILES string of the molecule is COC(=O)C(C)CSCC(=O)NCCc1cccc(Cl)c1. The van der Waals surface area contributed by atoms with Crippen molar-refractivity contribution in [2.45, 2.75) is 13.3 Å². The Bertz CT molecular complexity index is 482. The number of benzene rings is 1. The van der Waals surface area contributed by atoms with Crippen LogP contribution in [0.2, 0.25) is 5.02 Å². The third kappa shape index (κ3) is 7.39. The number of hydrogen-bond acceptors (Lipinski definition) is 4. The molecule has 0 aliphatic heterocycles. The molecule has 0 heterocycles. The molecule has 21 heavy (non-hydrogen) atoms. The monoisotopic (exact) mass is 329 g/mol. The molecular weight excluding hydrogens is 310 g/mol. The van der Waals surface area contributed by atoms with Gasteiger partial charge in [-0.15, -0.1) is 0 Å². The van der Waals surface area contributed by atoms with Gasteiger partial charge in [-0.2, -0.15) is 11.8 Å². The Balaban J connectivity index is 2.15. The minimum atomic E-state index is -0.246. The Morgan fingerprint density at radius 2 is 2.19 bits per heavy atom. The van der Waals surface area contributed by atoms with E-state index < -0.39 is 0 Å². The minimum absolute atomic E-state index is 0.0286. The second-order valence-corrected chi connectivity index (χ2v) is 6.14. The van der Waals surface area contributed by atoms with Crippen LogP contribution in [0.4, 0.5) is 0 Å². The first-order valence-electron chi connectivity index (χ1n) is 6.69. The van der Waals surface area contributed by atoms with Gasteiger partial charge in [-0.05, 0) is 24.1 Å². The van der Waals surface area contributed by atoms with E-state index >= 15 is 0 Å². The van der Waals surface area contributed by atoms with E-state index in [0.29, 0.717) is 23.1 Å². The first-order chi connectivity index (χ1) is 10.0. The molecule has 4 nitrogen and oxygen atoms in total. The quantitative estimate of drug-likeness (QED) is 0.745. The van der Waals surface area contributed by atoms with Crippen LogP contribution in [0, 0.1) is 5.92 Å². The standard InChI is InChI=1S/C15H20ClNO3S/c1-11(15(19)20-2)9-21-10-14(18)17-7-6-12-4-3-5-13(16)8-12/h3-5,8,11H,6-7,9-10H2,1-2H3,(H,17,18). The maximum atomic E-state index is 11.6. The zero-order valence-electron chi connectivity index (χ0n) is 12.2. The van der Waals surface area contributed by atoms with Gasteiger partial charge in [-0.25, -0.2) is 0 Å². The zero-order valence-corrected chi connectivity index (χ0v) is 13.8. The summed E-state index contributed by atoms with van der Waals surface area (Å²) in [5, 5.41) is 3.55. The van der Waals surface area contributed by atoms with E-state index in [9.17, 15) is 9.59 Å². The number of nitrogens with one attached hydrogen (secondary N) is 1. The topological polar surface area (TPSA) is 55.4 Å². The summed E-state index contributed by atoms with van der Waals surface area (Å²) in [5.41, 5.74) is 1.09. The summed E-state index contributed by atoms with van der Waals surface area (Å²) in [6.07, 6.45) is 0.746. The Morgan fingerprint density at radius 1 is 1.43 bits per heavy atom. The maximum Gasteiger partial charge on any atom is 0.309 e. The summed E-state index contributed by atoms with van der Waals surface area (Å²) < 4.78 is 4.63. The van der Waals surface area contributed by atoms with Crippen LogP contribution in [-0.2, 0) is 20.7 Å².